The fourth-order valence-electron chi connectivity index (χ4n) is 3.63. The Balaban J connectivity index is 1.77. The SMILES string of the molecule is CCC(C(=O)O)N1Cc2ccc(-c3cccc4ncccc34)cc2C1=O. The highest BCUT2D eigenvalue weighted by Gasteiger charge is 2.35. The van der Waals surface area contributed by atoms with Crippen molar-refractivity contribution in [3.63, 3.8) is 0 Å². The molecule has 0 saturated heterocycles. The van der Waals surface area contributed by atoms with Crippen LogP contribution in [0.25, 0.3) is 22.0 Å². The van der Waals surface area contributed by atoms with Crippen molar-refractivity contribution in [2.24, 2.45) is 0 Å². The summed E-state index contributed by atoms with van der Waals surface area (Å²) in [6.07, 6.45) is 2.14. The van der Waals surface area contributed by atoms with Crippen molar-refractivity contribution in [1.82, 2.24) is 9.88 Å². The molecule has 1 aliphatic heterocycles. The van der Waals surface area contributed by atoms with Crippen molar-refractivity contribution in [2.45, 2.75) is 25.9 Å². The molecule has 0 bridgehead atoms. The van der Waals surface area contributed by atoms with Crippen LogP contribution in [-0.2, 0) is 11.3 Å². The molecular weight excluding hydrogens is 328 g/mol. The molecule has 2 aromatic carbocycles. The standard InChI is InChI=1S/C21H18N2O3/c1-2-19(21(25)26)23-12-14-9-8-13(11-17(14)20(23)24)15-5-3-7-18-16(15)6-4-10-22-18/h3-11,19H,2,12H2,1H3,(H,25,26). The number of carbonyl (C=O) groups is 2. The van der Waals surface area contributed by atoms with Crippen molar-refractivity contribution >= 4 is 22.8 Å². The maximum Gasteiger partial charge on any atom is 0.326 e. The lowest BCUT2D eigenvalue weighted by molar-refractivity contribution is -0.142. The van der Waals surface area contributed by atoms with E-state index in [4.69, 9.17) is 0 Å². The molecule has 1 unspecified atom stereocenters. The summed E-state index contributed by atoms with van der Waals surface area (Å²) in [4.78, 5) is 30.1. The number of benzene rings is 2. The molecule has 0 aliphatic carbocycles. The number of fused-ring (bicyclic) bond motifs is 2. The van der Waals surface area contributed by atoms with Gasteiger partial charge in [-0.15, -0.1) is 0 Å². The van der Waals surface area contributed by atoms with Crippen LogP contribution in [0.15, 0.2) is 54.7 Å². The molecular formula is C21H18N2O3. The van der Waals surface area contributed by atoms with Gasteiger partial charge in [0.2, 0.25) is 0 Å². The van der Waals surface area contributed by atoms with Crippen molar-refractivity contribution in [2.75, 3.05) is 0 Å². The minimum absolute atomic E-state index is 0.213. The maximum atomic E-state index is 12.8. The number of aromatic nitrogens is 1. The van der Waals surface area contributed by atoms with E-state index in [1.807, 2.05) is 48.5 Å². The van der Waals surface area contributed by atoms with E-state index < -0.39 is 12.0 Å². The zero-order chi connectivity index (χ0) is 18.3. The van der Waals surface area contributed by atoms with Crippen LogP contribution in [0, 0.1) is 0 Å². The third-order valence-electron chi connectivity index (χ3n) is 4.95. The van der Waals surface area contributed by atoms with Crippen molar-refractivity contribution in [1.29, 1.82) is 0 Å². The minimum atomic E-state index is -0.964. The van der Waals surface area contributed by atoms with Gasteiger partial charge in [-0.2, -0.15) is 0 Å². The Morgan fingerprint density at radius 1 is 1.19 bits per heavy atom. The second-order valence-corrected chi connectivity index (χ2v) is 6.44. The van der Waals surface area contributed by atoms with Crippen LogP contribution in [0.5, 0.6) is 0 Å². The van der Waals surface area contributed by atoms with Crippen LogP contribution in [0.4, 0.5) is 0 Å². The lowest BCUT2D eigenvalue weighted by atomic mass is 9.97. The first-order chi connectivity index (χ1) is 12.6. The molecule has 1 aliphatic rings. The third-order valence-corrected chi connectivity index (χ3v) is 4.95. The number of rotatable bonds is 4. The van der Waals surface area contributed by atoms with E-state index in [0.717, 1.165) is 27.6 Å². The first-order valence-electron chi connectivity index (χ1n) is 8.61. The number of nitrogens with zero attached hydrogens (tertiary/aromatic N) is 2. The molecule has 1 atom stereocenters. The molecule has 0 saturated carbocycles. The topological polar surface area (TPSA) is 70.5 Å². The highest BCUT2D eigenvalue weighted by Crippen LogP contribution is 2.33. The van der Waals surface area contributed by atoms with Gasteiger partial charge in [-0.05, 0) is 41.3 Å². The number of carboxylic acid groups (broad SMARTS) is 1. The molecule has 3 aromatic rings. The van der Waals surface area contributed by atoms with Gasteiger partial charge in [0, 0.05) is 23.7 Å². The summed E-state index contributed by atoms with van der Waals surface area (Å²) >= 11 is 0. The fraction of sp³-hybridized carbons (Fsp3) is 0.190. The summed E-state index contributed by atoms with van der Waals surface area (Å²) in [6, 6.07) is 14.8. The number of hydrogen-bond acceptors (Lipinski definition) is 3. The number of hydrogen-bond donors (Lipinski definition) is 1. The zero-order valence-corrected chi connectivity index (χ0v) is 14.3. The quantitative estimate of drug-likeness (QED) is 0.781. The van der Waals surface area contributed by atoms with Crippen LogP contribution in [-0.4, -0.2) is 32.9 Å². The lowest BCUT2D eigenvalue weighted by Crippen LogP contribution is -2.40. The summed E-state index contributed by atoms with van der Waals surface area (Å²) in [6.45, 7) is 2.12. The Morgan fingerprint density at radius 2 is 2.04 bits per heavy atom. The number of carbonyl (C=O) groups excluding carboxylic acids is 1. The van der Waals surface area contributed by atoms with E-state index in [-0.39, 0.29) is 5.91 Å². The largest absolute Gasteiger partial charge is 0.480 e. The zero-order valence-electron chi connectivity index (χ0n) is 14.3. The van der Waals surface area contributed by atoms with Gasteiger partial charge < -0.3 is 10.0 Å². The summed E-state index contributed by atoms with van der Waals surface area (Å²) < 4.78 is 0. The molecule has 26 heavy (non-hydrogen) atoms. The number of aliphatic carboxylic acids is 1. The monoisotopic (exact) mass is 346 g/mol. The summed E-state index contributed by atoms with van der Waals surface area (Å²) in [5, 5.41) is 10.4. The van der Waals surface area contributed by atoms with Crippen molar-refractivity contribution in [3.05, 3.63) is 65.9 Å². The van der Waals surface area contributed by atoms with Gasteiger partial charge in [-0.25, -0.2) is 4.79 Å². The molecule has 5 heteroatoms. The Bertz CT molecular complexity index is 1020. The predicted molar refractivity (Wildman–Crippen MR) is 98.8 cm³/mol. The van der Waals surface area contributed by atoms with E-state index in [2.05, 4.69) is 4.98 Å². The summed E-state index contributed by atoms with van der Waals surface area (Å²) in [5.74, 6) is -1.18. The predicted octanol–water partition coefficient (Wildman–Crippen LogP) is 3.72. The Hall–Kier alpha value is -3.21. The van der Waals surface area contributed by atoms with E-state index in [0.29, 0.717) is 18.5 Å². The number of pyridine rings is 1. The molecule has 1 aromatic heterocycles. The second-order valence-electron chi connectivity index (χ2n) is 6.44. The van der Waals surface area contributed by atoms with Gasteiger partial charge in [0.05, 0.1) is 5.52 Å². The number of amides is 1. The van der Waals surface area contributed by atoms with E-state index in [1.165, 1.54) is 4.90 Å². The van der Waals surface area contributed by atoms with Gasteiger partial charge in [-0.3, -0.25) is 9.78 Å². The molecule has 5 nitrogen and oxygen atoms in total. The molecule has 1 amide bonds. The van der Waals surface area contributed by atoms with Crippen LogP contribution < -0.4 is 0 Å². The van der Waals surface area contributed by atoms with Crippen LogP contribution in [0.2, 0.25) is 0 Å². The first kappa shape index (κ1) is 16.3. The normalized spacial score (nSPS) is 14.5. The first-order valence-corrected chi connectivity index (χ1v) is 8.61. The van der Waals surface area contributed by atoms with E-state index in [9.17, 15) is 14.7 Å². The third kappa shape index (κ3) is 2.52. The summed E-state index contributed by atoms with van der Waals surface area (Å²) in [7, 11) is 0. The maximum absolute atomic E-state index is 12.8. The number of carboxylic acids is 1. The van der Waals surface area contributed by atoms with Crippen LogP contribution >= 0.6 is 0 Å². The Labute approximate surface area is 150 Å². The molecule has 2 heterocycles. The Morgan fingerprint density at radius 3 is 2.81 bits per heavy atom. The average molecular weight is 346 g/mol. The van der Waals surface area contributed by atoms with Crippen LogP contribution in [0.1, 0.15) is 29.3 Å². The second kappa shape index (κ2) is 6.26. The molecule has 1 N–H and O–H groups in total. The van der Waals surface area contributed by atoms with Gasteiger partial charge in [-0.1, -0.05) is 37.3 Å². The average Bonchev–Trinajstić information content (AvgIpc) is 2.97. The molecule has 130 valence electrons. The molecule has 4 rings (SSSR count). The van der Waals surface area contributed by atoms with Gasteiger partial charge >= 0.3 is 5.97 Å². The molecule has 0 fully saturated rings. The highest BCUT2D eigenvalue weighted by atomic mass is 16.4. The van der Waals surface area contributed by atoms with Gasteiger partial charge in [0.1, 0.15) is 6.04 Å². The summed E-state index contributed by atoms with van der Waals surface area (Å²) in [5.41, 5.74) is 4.30. The van der Waals surface area contributed by atoms with E-state index in [1.54, 1.807) is 13.1 Å². The van der Waals surface area contributed by atoms with Gasteiger partial charge in [0.15, 0.2) is 0 Å². The molecule has 0 radical (unpaired) electrons. The van der Waals surface area contributed by atoms with E-state index >= 15 is 0 Å². The lowest BCUT2D eigenvalue weighted by Gasteiger charge is -2.22. The van der Waals surface area contributed by atoms with Crippen LogP contribution in [0.3, 0.4) is 0 Å². The molecule has 0 spiro atoms. The smallest absolute Gasteiger partial charge is 0.326 e. The van der Waals surface area contributed by atoms with Gasteiger partial charge in [0.25, 0.3) is 5.91 Å². The van der Waals surface area contributed by atoms with Crippen molar-refractivity contribution < 1.29 is 14.7 Å². The Kier molecular flexibility index (Phi) is 3.92. The minimum Gasteiger partial charge on any atom is -0.480 e. The highest BCUT2D eigenvalue weighted by molar-refractivity contribution is 6.03. The fourth-order valence-corrected chi connectivity index (χ4v) is 3.63. The van der Waals surface area contributed by atoms with Crippen molar-refractivity contribution in [3.8, 4) is 11.1 Å².